The van der Waals surface area contributed by atoms with Gasteiger partial charge in [-0.25, -0.2) is 0 Å². The average molecular weight is 423 g/mol. The molecule has 0 bridgehead atoms. The van der Waals surface area contributed by atoms with Crippen LogP contribution in [0.15, 0.2) is 48.5 Å². The van der Waals surface area contributed by atoms with Crippen LogP contribution in [0.25, 0.3) is 0 Å². The SMILES string of the molecule is CCc1ccccc1NC(=O)CN(C)C(=O)C(C)N1CCN(c2cccc(C)c2)CC1. The number of carbonyl (C=O) groups excluding carboxylic acids is 2. The summed E-state index contributed by atoms with van der Waals surface area (Å²) in [5.41, 5.74) is 4.39. The monoisotopic (exact) mass is 422 g/mol. The first-order chi connectivity index (χ1) is 14.9. The summed E-state index contributed by atoms with van der Waals surface area (Å²) in [6, 6.07) is 16.0. The van der Waals surface area contributed by atoms with Crippen LogP contribution in [-0.4, -0.2) is 67.4 Å². The van der Waals surface area contributed by atoms with E-state index < -0.39 is 0 Å². The molecule has 0 spiro atoms. The minimum Gasteiger partial charge on any atom is -0.369 e. The molecule has 1 unspecified atom stereocenters. The molecule has 2 aromatic rings. The van der Waals surface area contributed by atoms with Crippen LogP contribution in [0.2, 0.25) is 0 Å². The summed E-state index contributed by atoms with van der Waals surface area (Å²) in [7, 11) is 1.70. The first-order valence-electron chi connectivity index (χ1n) is 11.1. The van der Waals surface area contributed by atoms with Gasteiger partial charge in [-0.1, -0.05) is 37.3 Å². The molecule has 6 nitrogen and oxygen atoms in total. The second-order valence-corrected chi connectivity index (χ2v) is 8.29. The maximum atomic E-state index is 12.9. The van der Waals surface area contributed by atoms with E-state index in [0.29, 0.717) is 0 Å². The third kappa shape index (κ3) is 5.85. The lowest BCUT2D eigenvalue weighted by Gasteiger charge is -2.39. The van der Waals surface area contributed by atoms with Gasteiger partial charge in [-0.2, -0.15) is 0 Å². The second-order valence-electron chi connectivity index (χ2n) is 8.29. The van der Waals surface area contributed by atoms with Gasteiger partial charge in [0.25, 0.3) is 0 Å². The van der Waals surface area contributed by atoms with E-state index in [0.717, 1.165) is 43.9 Å². The maximum Gasteiger partial charge on any atom is 0.243 e. The Kier molecular flexibility index (Phi) is 7.69. The smallest absolute Gasteiger partial charge is 0.243 e. The molecule has 3 rings (SSSR count). The Hall–Kier alpha value is -2.86. The van der Waals surface area contributed by atoms with Gasteiger partial charge < -0.3 is 15.1 Å². The number of rotatable bonds is 7. The highest BCUT2D eigenvalue weighted by Crippen LogP contribution is 2.19. The molecule has 0 saturated carbocycles. The zero-order chi connectivity index (χ0) is 22.4. The van der Waals surface area contributed by atoms with E-state index in [9.17, 15) is 9.59 Å². The van der Waals surface area contributed by atoms with E-state index in [1.54, 1.807) is 7.05 Å². The van der Waals surface area contributed by atoms with Crippen LogP contribution in [0.5, 0.6) is 0 Å². The number of nitrogens with one attached hydrogen (secondary N) is 1. The summed E-state index contributed by atoms with van der Waals surface area (Å²) in [5, 5.41) is 2.94. The predicted octanol–water partition coefficient (Wildman–Crippen LogP) is 3.17. The molecule has 31 heavy (non-hydrogen) atoms. The van der Waals surface area contributed by atoms with Gasteiger partial charge in [-0.15, -0.1) is 0 Å². The number of hydrogen-bond donors (Lipinski definition) is 1. The van der Waals surface area contributed by atoms with Gasteiger partial charge in [0, 0.05) is 44.6 Å². The van der Waals surface area contributed by atoms with Gasteiger partial charge in [0.1, 0.15) is 0 Å². The number of amides is 2. The summed E-state index contributed by atoms with van der Waals surface area (Å²) in [6.45, 7) is 9.57. The molecule has 1 aliphatic rings. The van der Waals surface area contributed by atoms with Crippen LogP contribution in [0, 0.1) is 6.92 Å². The minimum absolute atomic E-state index is 0.0251. The summed E-state index contributed by atoms with van der Waals surface area (Å²) in [5.74, 6) is -0.198. The van der Waals surface area contributed by atoms with Crippen LogP contribution in [0.4, 0.5) is 11.4 Å². The highest BCUT2D eigenvalue weighted by Gasteiger charge is 2.28. The molecular weight excluding hydrogens is 388 g/mol. The van der Waals surface area contributed by atoms with Crippen molar-refractivity contribution in [2.45, 2.75) is 33.2 Å². The Balaban J connectivity index is 1.51. The van der Waals surface area contributed by atoms with Crippen LogP contribution in [0.3, 0.4) is 0 Å². The molecule has 6 heteroatoms. The lowest BCUT2D eigenvalue weighted by atomic mass is 10.1. The van der Waals surface area contributed by atoms with Crippen molar-refractivity contribution in [1.29, 1.82) is 0 Å². The molecule has 0 radical (unpaired) electrons. The van der Waals surface area contributed by atoms with Crippen molar-refractivity contribution in [2.24, 2.45) is 0 Å². The van der Waals surface area contributed by atoms with Gasteiger partial charge in [0.2, 0.25) is 11.8 Å². The Morgan fingerprint density at radius 1 is 1.06 bits per heavy atom. The zero-order valence-corrected chi connectivity index (χ0v) is 19.1. The molecule has 0 aromatic heterocycles. The molecule has 2 amide bonds. The summed E-state index contributed by atoms with van der Waals surface area (Å²) in [6.07, 6.45) is 0.844. The van der Waals surface area contributed by atoms with Gasteiger partial charge in [-0.3, -0.25) is 14.5 Å². The van der Waals surface area contributed by atoms with Crippen LogP contribution in [-0.2, 0) is 16.0 Å². The van der Waals surface area contributed by atoms with Crippen LogP contribution in [0.1, 0.15) is 25.0 Å². The van der Waals surface area contributed by atoms with Crippen LogP contribution >= 0.6 is 0 Å². The molecule has 1 atom stereocenters. The number of likely N-dealkylation sites (N-methyl/N-ethyl adjacent to an activating group) is 1. The molecule has 166 valence electrons. The summed E-state index contributed by atoms with van der Waals surface area (Å²) in [4.78, 5) is 31.5. The van der Waals surface area contributed by atoms with Gasteiger partial charge in [0.15, 0.2) is 0 Å². The fourth-order valence-corrected chi connectivity index (χ4v) is 4.10. The number of hydrogen-bond acceptors (Lipinski definition) is 4. The Bertz CT molecular complexity index is 906. The lowest BCUT2D eigenvalue weighted by Crippen LogP contribution is -2.54. The van der Waals surface area contributed by atoms with Crippen molar-refractivity contribution in [3.8, 4) is 0 Å². The van der Waals surface area contributed by atoms with Crippen LogP contribution < -0.4 is 10.2 Å². The number of nitrogens with zero attached hydrogens (tertiary/aromatic N) is 3. The average Bonchev–Trinajstić information content (AvgIpc) is 2.78. The van der Waals surface area contributed by atoms with Gasteiger partial charge >= 0.3 is 0 Å². The molecule has 1 N–H and O–H groups in total. The zero-order valence-electron chi connectivity index (χ0n) is 19.1. The van der Waals surface area contributed by atoms with Crippen molar-refractivity contribution >= 4 is 23.2 Å². The van der Waals surface area contributed by atoms with Crippen molar-refractivity contribution in [3.63, 3.8) is 0 Å². The fourth-order valence-electron chi connectivity index (χ4n) is 4.10. The lowest BCUT2D eigenvalue weighted by molar-refractivity contribution is -0.137. The maximum absolute atomic E-state index is 12.9. The number of carbonyl (C=O) groups is 2. The predicted molar refractivity (Wildman–Crippen MR) is 127 cm³/mol. The first kappa shape index (κ1) is 22.8. The number of benzene rings is 2. The van der Waals surface area contributed by atoms with Crippen molar-refractivity contribution in [3.05, 3.63) is 59.7 Å². The van der Waals surface area contributed by atoms with E-state index in [1.165, 1.54) is 16.2 Å². The third-order valence-electron chi connectivity index (χ3n) is 6.02. The van der Waals surface area contributed by atoms with Gasteiger partial charge in [-0.05, 0) is 49.6 Å². The topological polar surface area (TPSA) is 55.9 Å². The molecule has 2 aromatic carbocycles. The number of aryl methyl sites for hydroxylation is 2. The third-order valence-corrected chi connectivity index (χ3v) is 6.02. The minimum atomic E-state index is -0.250. The van der Waals surface area contributed by atoms with Crippen molar-refractivity contribution < 1.29 is 9.59 Å². The molecular formula is C25H34N4O2. The second kappa shape index (κ2) is 10.4. The van der Waals surface area contributed by atoms with E-state index in [1.807, 2.05) is 31.2 Å². The number of piperazine rings is 1. The Morgan fingerprint density at radius 2 is 1.77 bits per heavy atom. The molecule has 1 saturated heterocycles. The Labute approximate surface area is 185 Å². The number of anilines is 2. The highest BCUT2D eigenvalue weighted by molar-refractivity contribution is 5.95. The molecule has 1 heterocycles. The first-order valence-corrected chi connectivity index (χ1v) is 11.1. The van der Waals surface area contributed by atoms with E-state index in [-0.39, 0.29) is 24.4 Å². The quantitative estimate of drug-likeness (QED) is 0.745. The highest BCUT2D eigenvalue weighted by atomic mass is 16.2. The fraction of sp³-hybridized carbons (Fsp3) is 0.440. The van der Waals surface area contributed by atoms with Gasteiger partial charge in [0.05, 0.1) is 12.6 Å². The molecule has 0 aliphatic carbocycles. The molecule has 1 fully saturated rings. The normalized spacial score (nSPS) is 15.4. The summed E-state index contributed by atoms with van der Waals surface area (Å²) < 4.78 is 0. The molecule has 1 aliphatic heterocycles. The van der Waals surface area contributed by atoms with E-state index in [2.05, 4.69) is 53.2 Å². The van der Waals surface area contributed by atoms with Crippen molar-refractivity contribution in [2.75, 3.05) is 50.0 Å². The largest absolute Gasteiger partial charge is 0.369 e. The Morgan fingerprint density at radius 3 is 2.45 bits per heavy atom. The van der Waals surface area contributed by atoms with E-state index in [4.69, 9.17) is 0 Å². The standard InChI is InChI=1S/C25H34N4O2/c1-5-21-10-6-7-12-23(21)26-24(30)18-27(4)25(31)20(3)28-13-15-29(16-14-28)22-11-8-9-19(2)17-22/h6-12,17,20H,5,13-16,18H2,1-4H3,(H,26,30). The number of para-hydroxylation sites is 1. The van der Waals surface area contributed by atoms with E-state index >= 15 is 0 Å². The van der Waals surface area contributed by atoms with Crippen molar-refractivity contribution in [1.82, 2.24) is 9.80 Å². The summed E-state index contributed by atoms with van der Waals surface area (Å²) >= 11 is 0.